The molecule has 0 unspecified atom stereocenters. The van der Waals surface area contributed by atoms with E-state index in [1.165, 1.54) is 48.5 Å². The lowest BCUT2D eigenvalue weighted by Gasteiger charge is -2.19. The van der Waals surface area contributed by atoms with Crippen LogP contribution in [0, 0.1) is 5.82 Å². The molecule has 0 aliphatic heterocycles. The van der Waals surface area contributed by atoms with Crippen LogP contribution in [0.1, 0.15) is 17.3 Å². The summed E-state index contributed by atoms with van der Waals surface area (Å²) in [5, 5.41) is 11.6. The number of hydrogen-bond acceptors (Lipinski definition) is 4. The predicted molar refractivity (Wildman–Crippen MR) is 92.3 cm³/mol. The molecule has 8 heteroatoms. The Morgan fingerprint density at radius 3 is 2.48 bits per heavy atom. The van der Waals surface area contributed by atoms with E-state index in [1.807, 2.05) is 0 Å². The predicted octanol–water partition coefficient (Wildman–Crippen LogP) is 2.08. The standard InChI is InChI=1S/C17H19FN2O4S/c1-2-20(10-11-21)25(23,24)16-5-3-4-13(12-16)17(22)19-15-8-6-14(18)7-9-15/h3-9,12,21H,2,10-11H2,1H3,(H,19,22). The molecule has 0 radical (unpaired) electrons. The minimum absolute atomic E-state index is 0.0230. The van der Waals surface area contributed by atoms with Crippen LogP contribution in [0.4, 0.5) is 10.1 Å². The largest absolute Gasteiger partial charge is 0.395 e. The second kappa shape index (κ2) is 8.19. The van der Waals surface area contributed by atoms with E-state index in [0.717, 1.165) is 4.31 Å². The van der Waals surface area contributed by atoms with Crippen LogP contribution in [0.2, 0.25) is 0 Å². The molecule has 0 aliphatic carbocycles. The van der Waals surface area contributed by atoms with Gasteiger partial charge in [0.15, 0.2) is 0 Å². The summed E-state index contributed by atoms with van der Waals surface area (Å²) in [6, 6.07) is 10.9. The summed E-state index contributed by atoms with van der Waals surface area (Å²) >= 11 is 0. The lowest BCUT2D eigenvalue weighted by atomic mass is 10.2. The smallest absolute Gasteiger partial charge is 0.255 e. The molecular formula is C17H19FN2O4S. The summed E-state index contributed by atoms with van der Waals surface area (Å²) in [6.07, 6.45) is 0. The molecule has 0 spiro atoms. The quantitative estimate of drug-likeness (QED) is 0.785. The number of nitrogens with zero attached hydrogens (tertiary/aromatic N) is 1. The number of aliphatic hydroxyl groups is 1. The topological polar surface area (TPSA) is 86.7 Å². The van der Waals surface area contributed by atoms with Crippen LogP contribution in [-0.4, -0.2) is 43.4 Å². The van der Waals surface area contributed by atoms with Crippen molar-refractivity contribution in [3.05, 3.63) is 59.9 Å². The highest BCUT2D eigenvalue weighted by Gasteiger charge is 2.23. The highest BCUT2D eigenvalue weighted by Crippen LogP contribution is 2.18. The van der Waals surface area contributed by atoms with Gasteiger partial charge in [-0.05, 0) is 42.5 Å². The zero-order valence-electron chi connectivity index (χ0n) is 13.6. The molecule has 2 aromatic rings. The van der Waals surface area contributed by atoms with E-state index in [0.29, 0.717) is 5.69 Å². The van der Waals surface area contributed by atoms with Crippen LogP contribution in [0.15, 0.2) is 53.4 Å². The number of halogens is 1. The highest BCUT2D eigenvalue weighted by molar-refractivity contribution is 7.89. The van der Waals surface area contributed by atoms with E-state index in [-0.39, 0.29) is 30.2 Å². The first-order valence-electron chi connectivity index (χ1n) is 7.66. The average Bonchev–Trinajstić information content (AvgIpc) is 2.61. The van der Waals surface area contributed by atoms with E-state index in [9.17, 15) is 17.6 Å². The molecule has 2 aromatic carbocycles. The van der Waals surface area contributed by atoms with Gasteiger partial charge >= 0.3 is 0 Å². The van der Waals surface area contributed by atoms with Crippen LogP contribution < -0.4 is 5.32 Å². The number of anilines is 1. The third-order valence-corrected chi connectivity index (χ3v) is 5.51. The van der Waals surface area contributed by atoms with Crippen molar-refractivity contribution in [1.29, 1.82) is 0 Å². The number of benzene rings is 2. The lowest BCUT2D eigenvalue weighted by Crippen LogP contribution is -2.33. The Balaban J connectivity index is 2.25. The third kappa shape index (κ3) is 4.62. The molecule has 2 N–H and O–H groups in total. The summed E-state index contributed by atoms with van der Waals surface area (Å²) in [5.74, 6) is -0.927. The van der Waals surface area contributed by atoms with Gasteiger partial charge in [0.25, 0.3) is 5.91 Å². The van der Waals surface area contributed by atoms with E-state index in [1.54, 1.807) is 6.92 Å². The number of hydrogen-bond donors (Lipinski definition) is 2. The van der Waals surface area contributed by atoms with E-state index in [4.69, 9.17) is 5.11 Å². The molecule has 0 fully saturated rings. The molecule has 0 atom stereocenters. The van der Waals surface area contributed by atoms with Gasteiger partial charge in [0.2, 0.25) is 10.0 Å². The number of aliphatic hydroxyl groups excluding tert-OH is 1. The molecule has 0 heterocycles. The number of amides is 1. The van der Waals surface area contributed by atoms with Crippen LogP contribution in [0.3, 0.4) is 0 Å². The molecule has 2 rings (SSSR count). The van der Waals surface area contributed by atoms with Gasteiger partial charge in [-0.15, -0.1) is 0 Å². The Morgan fingerprint density at radius 1 is 1.20 bits per heavy atom. The van der Waals surface area contributed by atoms with Gasteiger partial charge in [-0.3, -0.25) is 4.79 Å². The Bertz CT molecular complexity index is 838. The van der Waals surface area contributed by atoms with Crippen molar-refractivity contribution in [3.63, 3.8) is 0 Å². The van der Waals surface area contributed by atoms with Crippen molar-refractivity contribution in [3.8, 4) is 0 Å². The summed E-state index contributed by atoms with van der Waals surface area (Å²) < 4.78 is 39.2. The van der Waals surface area contributed by atoms with Gasteiger partial charge in [0.1, 0.15) is 5.82 Å². The van der Waals surface area contributed by atoms with Crippen molar-refractivity contribution in [2.45, 2.75) is 11.8 Å². The maximum atomic E-state index is 12.9. The van der Waals surface area contributed by atoms with Crippen molar-refractivity contribution < 1.29 is 22.7 Å². The maximum absolute atomic E-state index is 12.9. The molecule has 25 heavy (non-hydrogen) atoms. The van der Waals surface area contributed by atoms with Gasteiger partial charge in [-0.2, -0.15) is 4.31 Å². The molecule has 0 saturated carbocycles. The fourth-order valence-electron chi connectivity index (χ4n) is 2.24. The van der Waals surface area contributed by atoms with Crippen LogP contribution in [0.25, 0.3) is 0 Å². The van der Waals surface area contributed by atoms with Gasteiger partial charge in [-0.1, -0.05) is 13.0 Å². The van der Waals surface area contributed by atoms with Crippen LogP contribution >= 0.6 is 0 Å². The van der Waals surface area contributed by atoms with E-state index >= 15 is 0 Å². The first kappa shape index (κ1) is 19.0. The molecule has 0 bridgehead atoms. The Labute approximate surface area is 146 Å². The second-order valence-electron chi connectivity index (χ2n) is 5.21. The summed E-state index contributed by atoms with van der Waals surface area (Å²) in [5.41, 5.74) is 0.556. The number of carbonyl (C=O) groups excluding carboxylic acids is 1. The van der Waals surface area contributed by atoms with Gasteiger partial charge < -0.3 is 10.4 Å². The molecule has 134 valence electrons. The minimum atomic E-state index is -3.80. The normalized spacial score (nSPS) is 11.5. The van der Waals surface area contributed by atoms with Crippen molar-refractivity contribution in [1.82, 2.24) is 4.31 Å². The fourth-order valence-corrected chi connectivity index (χ4v) is 3.73. The van der Waals surface area contributed by atoms with E-state index in [2.05, 4.69) is 5.32 Å². The molecule has 6 nitrogen and oxygen atoms in total. The zero-order valence-corrected chi connectivity index (χ0v) is 14.5. The molecule has 0 aliphatic rings. The summed E-state index contributed by atoms with van der Waals surface area (Å²) in [6.45, 7) is 1.55. The highest BCUT2D eigenvalue weighted by atomic mass is 32.2. The van der Waals surface area contributed by atoms with Crippen LogP contribution in [0.5, 0.6) is 0 Å². The first-order valence-corrected chi connectivity index (χ1v) is 9.10. The van der Waals surface area contributed by atoms with Gasteiger partial charge in [0, 0.05) is 24.3 Å². The molecule has 0 saturated heterocycles. The lowest BCUT2D eigenvalue weighted by molar-refractivity contribution is 0.102. The third-order valence-electron chi connectivity index (χ3n) is 3.54. The van der Waals surface area contributed by atoms with E-state index < -0.39 is 21.7 Å². The Hall–Kier alpha value is -2.29. The summed E-state index contributed by atoms with van der Waals surface area (Å²) in [4.78, 5) is 12.3. The minimum Gasteiger partial charge on any atom is -0.395 e. The summed E-state index contributed by atoms with van der Waals surface area (Å²) in [7, 11) is -3.80. The Kier molecular flexibility index (Phi) is 6.24. The average molecular weight is 366 g/mol. The maximum Gasteiger partial charge on any atom is 0.255 e. The first-order chi connectivity index (χ1) is 11.9. The molecule has 1 amide bonds. The van der Waals surface area contributed by atoms with Crippen molar-refractivity contribution >= 4 is 21.6 Å². The monoisotopic (exact) mass is 366 g/mol. The van der Waals surface area contributed by atoms with Crippen molar-refractivity contribution in [2.75, 3.05) is 25.0 Å². The SMILES string of the molecule is CCN(CCO)S(=O)(=O)c1cccc(C(=O)Nc2ccc(F)cc2)c1. The van der Waals surface area contributed by atoms with Crippen LogP contribution in [-0.2, 0) is 10.0 Å². The second-order valence-corrected chi connectivity index (χ2v) is 7.15. The van der Waals surface area contributed by atoms with Crippen molar-refractivity contribution in [2.24, 2.45) is 0 Å². The number of carbonyl (C=O) groups is 1. The zero-order chi connectivity index (χ0) is 18.4. The molecular weight excluding hydrogens is 347 g/mol. The number of likely N-dealkylation sites (N-methyl/N-ethyl adjacent to an activating group) is 1. The Morgan fingerprint density at radius 2 is 1.88 bits per heavy atom. The number of rotatable bonds is 7. The fraction of sp³-hybridized carbons (Fsp3) is 0.235. The van der Waals surface area contributed by atoms with Gasteiger partial charge in [0.05, 0.1) is 11.5 Å². The number of nitrogens with one attached hydrogen (secondary N) is 1. The number of sulfonamides is 1. The molecule has 0 aromatic heterocycles. The van der Waals surface area contributed by atoms with Gasteiger partial charge in [-0.25, -0.2) is 12.8 Å².